The number of nitrogens with zero attached hydrogens (tertiary/aromatic N) is 1. The minimum absolute atomic E-state index is 0.110. The minimum Gasteiger partial charge on any atom is -0.310 e. The van der Waals surface area contributed by atoms with Crippen molar-refractivity contribution >= 4 is 48.6 Å². The quantitative estimate of drug-likeness (QED) is 0.156. The lowest BCUT2D eigenvalue weighted by Gasteiger charge is -2.28. The Morgan fingerprint density at radius 2 is 1.00 bits per heavy atom. The van der Waals surface area contributed by atoms with Crippen LogP contribution < -0.4 is 4.90 Å². The van der Waals surface area contributed by atoms with Crippen LogP contribution in [-0.2, 0) is 10.8 Å². The van der Waals surface area contributed by atoms with Crippen LogP contribution in [0.3, 0.4) is 0 Å². The van der Waals surface area contributed by atoms with Gasteiger partial charge in [0.05, 0.1) is 5.69 Å². The summed E-state index contributed by atoms with van der Waals surface area (Å²) in [6.45, 7) is 14.3. The molecule has 0 saturated carbocycles. The van der Waals surface area contributed by atoms with Crippen LogP contribution >= 0.6 is 11.3 Å². The summed E-state index contributed by atoms with van der Waals surface area (Å²) in [6.07, 6.45) is 1.15. The summed E-state index contributed by atoms with van der Waals surface area (Å²) in [5, 5.41) is 2.70. The fraction of sp³-hybridized carbons (Fsp3) is 0.158. The molecule has 1 nitrogen and oxygen atoms in total. The van der Waals surface area contributed by atoms with Crippen molar-refractivity contribution in [2.75, 3.05) is 4.90 Å². The zero-order valence-corrected chi connectivity index (χ0v) is 35.6. The lowest BCUT2D eigenvalue weighted by Crippen LogP contribution is -2.17. The van der Waals surface area contributed by atoms with Crippen LogP contribution in [0, 0.1) is 13.8 Å². The third-order valence-electron chi connectivity index (χ3n) is 12.8. The number of thiophene rings is 1. The summed E-state index contributed by atoms with van der Waals surface area (Å²) >= 11 is 1.96. The van der Waals surface area contributed by atoms with E-state index in [-0.39, 0.29) is 10.8 Å². The molecule has 8 aromatic carbocycles. The van der Waals surface area contributed by atoms with E-state index >= 15 is 0 Å². The average Bonchev–Trinajstić information content (AvgIpc) is 3.73. The first-order chi connectivity index (χ1) is 28.6. The molecule has 0 unspecified atom stereocenters. The Morgan fingerprint density at radius 3 is 1.64 bits per heavy atom. The zero-order chi connectivity index (χ0) is 40.5. The fourth-order valence-corrected chi connectivity index (χ4v) is 11.3. The van der Waals surface area contributed by atoms with Crippen molar-refractivity contribution in [3.63, 3.8) is 0 Å². The minimum atomic E-state index is 0.110. The highest BCUT2D eigenvalue weighted by molar-refractivity contribution is 7.26. The molecule has 0 atom stereocenters. The molecule has 9 aromatic rings. The van der Waals surface area contributed by atoms with Gasteiger partial charge in [-0.3, -0.25) is 0 Å². The van der Waals surface area contributed by atoms with E-state index in [0.717, 1.165) is 17.8 Å². The van der Waals surface area contributed by atoms with E-state index in [0.29, 0.717) is 0 Å². The van der Waals surface area contributed by atoms with E-state index in [1.807, 2.05) is 11.3 Å². The summed E-state index contributed by atoms with van der Waals surface area (Å²) in [4.78, 5) is 2.51. The molecule has 0 bridgehead atoms. The smallest absolute Gasteiger partial charge is 0.0557 e. The van der Waals surface area contributed by atoms with Gasteiger partial charge in [0.2, 0.25) is 0 Å². The largest absolute Gasteiger partial charge is 0.310 e. The van der Waals surface area contributed by atoms with Gasteiger partial charge in [0, 0.05) is 31.5 Å². The number of benzene rings is 8. The molecule has 288 valence electrons. The number of fused-ring (bicyclic) bond motifs is 4. The second-order valence-electron chi connectivity index (χ2n) is 17.8. The summed E-state index contributed by atoms with van der Waals surface area (Å²) in [5.41, 5.74) is 19.1. The standard InChI is InChI=1S/C57H49NS/c1-37-31-52(54-49-34-50-51(57(5,6)36-56(50,3)4)35-53(49)59-55(54)38(37)2)58(46-24-16-23-43(32-46)39-17-10-7-11-18-39)45-28-25-42(26-29-45)47-30-27-44(40-19-12-8-13-20-40)33-48(47)41-21-14-9-15-22-41/h7-35H,36H2,1-6H3. The maximum absolute atomic E-state index is 2.56. The summed E-state index contributed by atoms with van der Waals surface area (Å²) in [7, 11) is 0. The van der Waals surface area contributed by atoms with Crippen molar-refractivity contribution in [3.8, 4) is 44.5 Å². The topological polar surface area (TPSA) is 3.24 Å². The van der Waals surface area contributed by atoms with E-state index in [4.69, 9.17) is 0 Å². The Morgan fingerprint density at radius 1 is 0.458 bits per heavy atom. The van der Waals surface area contributed by atoms with E-state index in [1.54, 1.807) is 0 Å². The number of rotatable bonds is 7. The highest BCUT2D eigenvalue weighted by Crippen LogP contribution is 2.54. The molecule has 0 amide bonds. The normalized spacial score (nSPS) is 14.1. The van der Waals surface area contributed by atoms with Crippen molar-refractivity contribution in [3.05, 3.63) is 198 Å². The highest BCUT2D eigenvalue weighted by Gasteiger charge is 2.42. The number of hydrogen-bond acceptors (Lipinski definition) is 2. The predicted octanol–water partition coefficient (Wildman–Crippen LogP) is 16.8. The van der Waals surface area contributed by atoms with Gasteiger partial charge < -0.3 is 4.90 Å². The Hall–Kier alpha value is -6.22. The monoisotopic (exact) mass is 779 g/mol. The second-order valence-corrected chi connectivity index (χ2v) is 18.8. The molecule has 1 heterocycles. The van der Waals surface area contributed by atoms with E-state index in [1.165, 1.54) is 92.6 Å². The highest BCUT2D eigenvalue weighted by atomic mass is 32.1. The first kappa shape index (κ1) is 37.1. The maximum Gasteiger partial charge on any atom is 0.0557 e. The fourth-order valence-electron chi connectivity index (χ4n) is 9.95. The first-order valence-electron chi connectivity index (χ1n) is 20.9. The average molecular weight is 780 g/mol. The lowest BCUT2D eigenvalue weighted by atomic mass is 9.82. The lowest BCUT2D eigenvalue weighted by molar-refractivity contribution is 0.403. The summed E-state index contributed by atoms with van der Waals surface area (Å²) < 4.78 is 2.75. The van der Waals surface area contributed by atoms with Crippen molar-refractivity contribution in [2.45, 2.75) is 58.8 Å². The Balaban J connectivity index is 1.18. The molecule has 59 heavy (non-hydrogen) atoms. The summed E-state index contributed by atoms with van der Waals surface area (Å²) in [6, 6.07) is 65.0. The van der Waals surface area contributed by atoms with Gasteiger partial charge in [-0.2, -0.15) is 0 Å². The van der Waals surface area contributed by atoms with Gasteiger partial charge in [-0.05, 0) is 146 Å². The molecule has 0 N–H and O–H groups in total. The maximum atomic E-state index is 2.56. The van der Waals surface area contributed by atoms with Crippen molar-refractivity contribution < 1.29 is 0 Å². The first-order valence-corrected chi connectivity index (χ1v) is 21.7. The van der Waals surface area contributed by atoms with Gasteiger partial charge in [-0.1, -0.05) is 155 Å². The van der Waals surface area contributed by atoms with Crippen LogP contribution in [0.1, 0.15) is 56.4 Å². The van der Waals surface area contributed by atoms with Crippen molar-refractivity contribution in [1.29, 1.82) is 0 Å². The van der Waals surface area contributed by atoms with Gasteiger partial charge in [-0.25, -0.2) is 0 Å². The van der Waals surface area contributed by atoms with Gasteiger partial charge >= 0.3 is 0 Å². The second kappa shape index (κ2) is 14.3. The van der Waals surface area contributed by atoms with Crippen LogP contribution in [0.25, 0.3) is 64.7 Å². The molecule has 0 radical (unpaired) electrons. The van der Waals surface area contributed by atoms with Crippen LogP contribution in [0.5, 0.6) is 0 Å². The number of hydrogen-bond donors (Lipinski definition) is 0. The Kier molecular flexibility index (Phi) is 8.96. The molecule has 1 aliphatic rings. The van der Waals surface area contributed by atoms with Gasteiger partial charge in [0.15, 0.2) is 0 Å². The van der Waals surface area contributed by atoms with E-state index in [2.05, 4.69) is 222 Å². The Labute approximate surface area is 353 Å². The molecule has 0 fully saturated rings. The Bertz CT molecular complexity index is 3010. The van der Waals surface area contributed by atoms with Crippen LogP contribution in [-0.4, -0.2) is 0 Å². The SMILES string of the molecule is Cc1cc(N(c2ccc(-c3ccc(-c4ccccc4)cc3-c3ccccc3)cc2)c2cccc(-c3ccccc3)c2)c2c(sc3cc4c(cc32)C(C)(C)CC4(C)C)c1C. The number of anilines is 3. The molecule has 2 heteroatoms. The molecular weight excluding hydrogens is 731 g/mol. The molecule has 10 rings (SSSR count). The molecule has 0 saturated heterocycles. The van der Waals surface area contributed by atoms with Crippen LogP contribution in [0.15, 0.2) is 176 Å². The predicted molar refractivity (Wildman–Crippen MR) is 256 cm³/mol. The molecule has 0 spiro atoms. The van der Waals surface area contributed by atoms with E-state index < -0.39 is 0 Å². The molecule has 0 aliphatic heterocycles. The molecule has 1 aliphatic carbocycles. The van der Waals surface area contributed by atoms with Gasteiger partial charge in [0.25, 0.3) is 0 Å². The molecule has 1 aromatic heterocycles. The number of aryl methyl sites for hydroxylation is 2. The third kappa shape index (κ3) is 6.47. The van der Waals surface area contributed by atoms with Gasteiger partial charge in [-0.15, -0.1) is 11.3 Å². The van der Waals surface area contributed by atoms with Crippen molar-refractivity contribution in [1.82, 2.24) is 0 Å². The van der Waals surface area contributed by atoms with Crippen molar-refractivity contribution in [2.24, 2.45) is 0 Å². The third-order valence-corrected chi connectivity index (χ3v) is 14.1. The molecular formula is C57H49NS. The van der Waals surface area contributed by atoms with Crippen LogP contribution in [0.4, 0.5) is 17.1 Å². The van der Waals surface area contributed by atoms with Gasteiger partial charge in [0.1, 0.15) is 0 Å². The zero-order valence-electron chi connectivity index (χ0n) is 34.8. The van der Waals surface area contributed by atoms with Crippen LogP contribution in [0.2, 0.25) is 0 Å². The van der Waals surface area contributed by atoms with E-state index in [9.17, 15) is 0 Å². The summed E-state index contributed by atoms with van der Waals surface area (Å²) in [5.74, 6) is 0.